The highest BCUT2D eigenvalue weighted by Crippen LogP contribution is 2.23. The molecule has 142 valence electrons. The number of esters is 1. The second kappa shape index (κ2) is 8.91. The molecule has 0 aliphatic carbocycles. The van der Waals surface area contributed by atoms with E-state index in [1.807, 2.05) is 0 Å². The predicted octanol–water partition coefficient (Wildman–Crippen LogP) is 3.30. The van der Waals surface area contributed by atoms with Crippen molar-refractivity contribution in [1.29, 1.82) is 0 Å². The van der Waals surface area contributed by atoms with Crippen LogP contribution in [0.15, 0.2) is 50.8 Å². The minimum Gasteiger partial charge on any atom is -0.510 e. The number of allylic oxidation sites excluding steroid dienone is 1. The van der Waals surface area contributed by atoms with Crippen molar-refractivity contribution < 1.29 is 23.1 Å². The van der Waals surface area contributed by atoms with Gasteiger partial charge < -0.3 is 9.84 Å². The molecular formula is C17H23N3O5S. The van der Waals surface area contributed by atoms with E-state index in [1.165, 1.54) is 35.5 Å². The highest BCUT2D eigenvalue weighted by Gasteiger charge is 2.25. The molecule has 2 rings (SSSR count). The smallest absolute Gasteiger partial charge is 0.362 e. The molecule has 1 aromatic rings. The summed E-state index contributed by atoms with van der Waals surface area (Å²) in [5.74, 6) is -1.09. The number of azo groups is 1. The van der Waals surface area contributed by atoms with Crippen LogP contribution >= 0.6 is 0 Å². The van der Waals surface area contributed by atoms with Crippen molar-refractivity contribution in [3.8, 4) is 0 Å². The number of ether oxygens (including phenoxy) is 1. The SMILES string of the molecule is CCOC(=O)/C(N=Nc1ccc(S(=O)(=O)N2CCCCC2)cc1)=C(\C)O. The molecule has 8 nitrogen and oxygen atoms in total. The number of aliphatic hydroxyl groups is 1. The Morgan fingerprint density at radius 3 is 2.35 bits per heavy atom. The summed E-state index contributed by atoms with van der Waals surface area (Å²) < 4.78 is 31.4. The highest BCUT2D eigenvalue weighted by molar-refractivity contribution is 7.89. The van der Waals surface area contributed by atoms with Crippen molar-refractivity contribution in [2.45, 2.75) is 38.0 Å². The summed E-state index contributed by atoms with van der Waals surface area (Å²) in [7, 11) is -3.51. The molecule has 26 heavy (non-hydrogen) atoms. The Morgan fingerprint density at radius 1 is 1.19 bits per heavy atom. The zero-order valence-electron chi connectivity index (χ0n) is 14.9. The third-order valence-electron chi connectivity index (χ3n) is 3.87. The van der Waals surface area contributed by atoms with Crippen LogP contribution in [0.3, 0.4) is 0 Å². The van der Waals surface area contributed by atoms with E-state index in [2.05, 4.69) is 10.2 Å². The summed E-state index contributed by atoms with van der Waals surface area (Å²) in [5.41, 5.74) is 0.0579. The van der Waals surface area contributed by atoms with Crippen molar-refractivity contribution in [3.05, 3.63) is 35.7 Å². The molecule has 1 fully saturated rings. The fourth-order valence-electron chi connectivity index (χ4n) is 2.51. The molecule has 1 aliphatic heterocycles. The lowest BCUT2D eigenvalue weighted by Crippen LogP contribution is -2.35. The van der Waals surface area contributed by atoms with E-state index >= 15 is 0 Å². The number of aliphatic hydroxyl groups excluding tert-OH is 1. The zero-order chi connectivity index (χ0) is 19.2. The molecule has 0 saturated carbocycles. The van der Waals surface area contributed by atoms with Gasteiger partial charge in [-0.2, -0.15) is 9.42 Å². The van der Waals surface area contributed by atoms with Crippen molar-refractivity contribution >= 4 is 21.7 Å². The van der Waals surface area contributed by atoms with Gasteiger partial charge in [-0.1, -0.05) is 6.42 Å². The largest absolute Gasteiger partial charge is 0.510 e. The monoisotopic (exact) mass is 381 g/mol. The van der Waals surface area contributed by atoms with Crippen molar-refractivity contribution in [1.82, 2.24) is 4.31 Å². The van der Waals surface area contributed by atoms with Crippen LogP contribution in [0.25, 0.3) is 0 Å². The average Bonchev–Trinajstić information content (AvgIpc) is 2.63. The van der Waals surface area contributed by atoms with Crippen LogP contribution in [0, 0.1) is 0 Å². The molecule has 1 aliphatic rings. The van der Waals surface area contributed by atoms with E-state index in [4.69, 9.17) is 4.74 Å². The van der Waals surface area contributed by atoms with Gasteiger partial charge in [0, 0.05) is 13.1 Å². The summed E-state index contributed by atoms with van der Waals surface area (Å²) in [6, 6.07) is 5.90. The molecule has 0 amide bonds. The van der Waals surface area contributed by atoms with Gasteiger partial charge in [0.1, 0.15) is 5.76 Å². The van der Waals surface area contributed by atoms with Gasteiger partial charge in [0.05, 0.1) is 17.2 Å². The summed E-state index contributed by atoms with van der Waals surface area (Å²) in [4.78, 5) is 11.9. The van der Waals surface area contributed by atoms with Crippen molar-refractivity contribution in [3.63, 3.8) is 0 Å². The zero-order valence-corrected chi connectivity index (χ0v) is 15.7. The van der Waals surface area contributed by atoms with Crippen LogP contribution in [0.5, 0.6) is 0 Å². The number of carbonyl (C=O) groups is 1. The number of piperidine rings is 1. The molecule has 0 spiro atoms. The van der Waals surface area contributed by atoms with Gasteiger partial charge in [0.2, 0.25) is 15.7 Å². The Labute approximate surface area is 153 Å². The number of carbonyl (C=O) groups excluding carboxylic acids is 1. The van der Waals surface area contributed by atoms with Gasteiger partial charge in [0.25, 0.3) is 0 Å². The summed E-state index contributed by atoms with van der Waals surface area (Å²) in [6.45, 7) is 4.16. The first-order valence-electron chi connectivity index (χ1n) is 8.45. The lowest BCUT2D eigenvalue weighted by molar-refractivity contribution is -0.138. The average molecular weight is 381 g/mol. The topological polar surface area (TPSA) is 109 Å². The van der Waals surface area contributed by atoms with E-state index in [1.54, 1.807) is 6.92 Å². The van der Waals surface area contributed by atoms with Crippen molar-refractivity contribution in [2.75, 3.05) is 19.7 Å². The number of benzene rings is 1. The maximum Gasteiger partial charge on any atom is 0.362 e. The Balaban J connectivity index is 2.16. The summed E-state index contributed by atoms with van der Waals surface area (Å²) in [6.07, 6.45) is 2.79. The summed E-state index contributed by atoms with van der Waals surface area (Å²) in [5, 5.41) is 17.1. The molecule has 0 aromatic heterocycles. The van der Waals surface area contributed by atoms with Crippen LogP contribution in [-0.4, -0.2) is 43.5 Å². The standard InChI is InChI=1S/C17H23N3O5S/c1-3-25-17(22)16(13(2)21)19-18-14-7-9-15(10-8-14)26(23,24)20-11-5-4-6-12-20/h7-10,21H,3-6,11-12H2,1-2H3/b16-13-,19-18?. The van der Waals surface area contributed by atoms with E-state index in [-0.39, 0.29) is 23.0 Å². The number of hydrogen-bond donors (Lipinski definition) is 1. The number of sulfonamides is 1. The van der Waals surface area contributed by atoms with Gasteiger partial charge in [-0.3, -0.25) is 0 Å². The van der Waals surface area contributed by atoms with Crippen LogP contribution in [-0.2, 0) is 19.6 Å². The highest BCUT2D eigenvalue weighted by atomic mass is 32.2. The van der Waals surface area contributed by atoms with Crippen LogP contribution in [0.1, 0.15) is 33.1 Å². The van der Waals surface area contributed by atoms with Crippen LogP contribution in [0.2, 0.25) is 0 Å². The second-order valence-corrected chi connectivity index (χ2v) is 7.75. The first-order valence-corrected chi connectivity index (χ1v) is 9.89. The molecular weight excluding hydrogens is 358 g/mol. The molecule has 1 heterocycles. The minimum absolute atomic E-state index is 0.147. The van der Waals surface area contributed by atoms with Gasteiger partial charge >= 0.3 is 5.97 Å². The molecule has 0 unspecified atom stereocenters. The van der Waals surface area contributed by atoms with Crippen molar-refractivity contribution in [2.24, 2.45) is 10.2 Å². The second-order valence-electron chi connectivity index (χ2n) is 5.81. The van der Waals surface area contributed by atoms with Crippen LogP contribution < -0.4 is 0 Å². The van der Waals surface area contributed by atoms with E-state index in [9.17, 15) is 18.3 Å². The fourth-order valence-corrected chi connectivity index (χ4v) is 4.02. The Kier molecular flexibility index (Phi) is 6.87. The maximum atomic E-state index is 12.6. The first kappa shape index (κ1) is 20.1. The summed E-state index contributed by atoms with van der Waals surface area (Å²) >= 11 is 0. The molecule has 1 aromatic carbocycles. The van der Waals surface area contributed by atoms with Gasteiger partial charge in [-0.05, 0) is 51.0 Å². The van der Waals surface area contributed by atoms with Gasteiger partial charge in [0.15, 0.2) is 0 Å². The molecule has 0 radical (unpaired) electrons. The molecule has 9 heteroatoms. The number of hydrogen-bond acceptors (Lipinski definition) is 7. The molecule has 1 saturated heterocycles. The Morgan fingerprint density at radius 2 is 1.81 bits per heavy atom. The van der Waals surface area contributed by atoms with Gasteiger partial charge in [-0.25, -0.2) is 13.2 Å². The minimum atomic E-state index is -3.51. The molecule has 1 N–H and O–H groups in total. The van der Waals surface area contributed by atoms with Gasteiger partial charge in [-0.15, -0.1) is 5.11 Å². The van der Waals surface area contributed by atoms with E-state index in [0.717, 1.165) is 19.3 Å². The Hall–Kier alpha value is -2.26. The number of rotatable bonds is 6. The normalized spacial score (nSPS) is 17.2. The van der Waals surface area contributed by atoms with E-state index in [0.29, 0.717) is 18.8 Å². The fraction of sp³-hybridized carbons (Fsp3) is 0.471. The predicted molar refractivity (Wildman–Crippen MR) is 95.5 cm³/mol. The number of nitrogens with zero attached hydrogens (tertiary/aromatic N) is 3. The van der Waals surface area contributed by atoms with Crippen LogP contribution in [0.4, 0.5) is 5.69 Å². The molecule has 0 bridgehead atoms. The lowest BCUT2D eigenvalue weighted by Gasteiger charge is -2.25. The van der Waals surface area contributed by atoms with E-state index < -0.39 is 16.0 Å². The lowest BCUT2D eigenvalue weighted by atomic mass is 10.2. The maximum absolute atomic E-state index is 12.6. The molecule has 0 atom stereocenters. The Bertz CT molecular complexity index is 790. The first-order chi connectivity index (χ1) is 12.4. The quantitative estimate of drug-likeness (QED) is 0.352. The third kappa shape index (κ3) is 4.89. The third-order valence-corrected chi connectivity index (χ3v) is 5.78.